The van der Waals surface area contributed by atoms with Crippen molar-refractivity contribution in [2.75, 3.05) is 0 Å². The van der Waals surface area contributed by atoms with Crippen LogP contribution in [0.3, 0.4) is 0 Å². The number of carboxylic acid groups (broad SMARTS) is 1. The van der Waals surface area contributed by atoms with Crippen molar-refractivity contribution in [3.05, 3.63) is 70.9 Å². The highest BCUT2D eigenvalue weighted by Gasteiger charge is 2.37. The lowest BCUT2D eigenvalue weighted by Gasteiger charge is -2.31. The number of amides is 1. The molecule has 6 nitrogen and oxygen atoms in total. The first-order chi connectivity index (χ1) is 17.5. The van der Waals surface area contributed by atoms with E-state index in [4.69, 9.17) is 4.74 Å². The number of carbonyl (C=O) groups excluding carboxylic acids is 1. The van der Waals surface area contributed by atoms with E-state index in [0.29, 0.717) is 6.42 Å². The zero-order chi connectivity index (χ0) is 28.5. The molecule has 0 spiro atoms. The minimum absolute atomic E-state index is 0.195. The fourth-order valence-electron chi connectivity index (χ4n) is 3.60. The van der Waals surface area contributed by atoms with Crippen LogP contribution in [0.15, 0.2) is 48.5 Å². The maximum Gasteiger partial charge on any atom is 0.433 e. The Hall–Kier alpha value is -3.83. The topological polar surface area (TPSA) is 88.5 Å². The number of benzene rings is 2. The van der Waals surface area contributed by atoms with Crippen LogP contribution in [0, 0.1) is 5.41 Å². The predicted octanol–water partition coefficient (Wildman–Crippen LogP) is 6.47. The van der Waals surface area contributed by atoms with Gasteiger partial charge in [0.25, 0.3) is 5.91 Å². The van der Waals surface area contributed by atoms with Crippen molar-refractivity contribution in [2.45, 2.75) is 52.2 Å². The Morgan fingerprint density at radius 3 is 2.08 bits per heavy atom. The van der Waals surface area contributed by atoms with E-state index in [0.717, 1.165) is 36.4 Å². The lowest BCUT2D eigenvalue weighted by atomic mass is 9.81. The number of nitrogens with one attached hydrogen (secondary N) is 1. The second-order valence-corrected chi connectivity index (χ2v) is 9.28. The van der Waals surface area contributed by atoms with Crippen molar-refractivity contribution < 1.29 is 45.8 Å². The number of aromatic nitrogens is 1. The molecule has 0 aliphatic heterocycles. The fraction of sp³-hybridized carbons (Fsp3) is 0.346. The van der Waals surface area contributed by atoms with Crippen LogP contribution in [0.5, 0.6) is 5.75 Å². The number of rotatable bonds is 8. The molecule has 0 unspecified atom stereocenters. The number of halogens is 6. The number of hydrogen-bond donors (Lipinski definition) is 2. The van der Waals surface area contributed by atoms with Gasteiger partial charge in [-0.15, -0.1) is 0 Å². The standard InChI is InChI=1S/C26H24F6N2O4/c1-4-24(2,3)21(23(36)37)34-22(35)17-11-7-15-8-12-18(26(30,31)32)33-19(15)20(17)38-13-14-5-9-16(10-6-14)25(27,28)29/h5-12,21H,4,13H2,1-3H3,(H,34,35)(H,36,37)/t21-/m1/s1. The molecular formula is C26H24F6N2O4. The van der Waals surface area contributed by atoms with Crippen molar-refractivity contribution in [1.82, 2.24) is 10.3 Å². The van der Waals surface area contributed by atoms with E-state index in [9.17, 15) is 41.0 Å². The number of carboxylic acids is 1. The third-order valence-electron chi connectivity index (χ3n) is 6.23. The molecule has 3 rings (SSSR count). The first kappa shape index (κ1) is 28.7. The zero-order valence-electron chi connectivity index (χ0n) is 20.5. The van der Waals surface area contributed by atoms with Gasteiger partial charge in [0.2, 0.25) is 0 Å². The second-order valence-electron chi connectivity index (χ2n) is 9.28. The molecule has 12 heteroatoms. The molecule has 0 saturated heterocycles. The monoisotopic (exact) mass is 542 g/mol. The molecule has 0 bridgehead atoms. The van der Waals surface area contributed by atoms with E-state index in [2.05, 4.69) is 10.3 Å². The Bertz CT molecular complexity index is 1330. The van der Waals surface area contributed by atoms with Gasteiger partial charge >= 0.3 is 18.3 Å². The van der Waals surface area contributed by atoms with E-state index in [1.807, 2.05) is 0 Å². The zero-order valence-corrected chi connectivity index (χ0v) is 20.5. The van der Waals surface area contributed by atoms with Gasteiger partial charge in [0.1, 0.15) is 23.9 Å². The van der Waals surface area contributed by atoms with Crippen LogP contribution < -0.4 is 10.1 Å². The maximum atomic E-state index is 13.4. The summed E-state index contributed by atoms with van der Waals surface area (Å²) in [6.45, 7) is 4.59. The summed E-state index contributed by atoms with van der Waals surface area (Å²) in [7, 11) is 0. The van der Waals surface area contributed by atoms with Crippen LogP contribution in [0.2, 0.25) is 0 Å². The average Bonchev–Trinajstić information content (AvgIpc) is 2.84. The Morgan fingerprint density at radius 2 is 1.55 bits per heavy atom. The number of nitrogens with zero attached hydrogens (tertiary/aromatic N) is 1. The van der Waals surface area contributed by atoms with E-state index in [1.165, 1.54) is 12.1 Å². The summed E-state index contributed by atoms with van der Waals surface area (Å²) in [4.78, 5) is 28.7. The molecule has 2 N–H and O–H groups in total. The average molecular weight is 542 g/mol. The molecule has 1 amide bonds. The van der Waals surface area contributed by atoms with Gasteiger partial charge in [0.05, 0.1) is 11.1 Å². The van der Waals surface area contributed by atoms with Gasteiger partial charge in [0, 0.05) is 5.39 Å². The van der Waals surface area contributed by atoms with Crippen LogP contribution >= 0.6 is 0 Å². The van der Waals surface area contributed by atoms with Crippen LogP contribution in [-0.2, 0) is 23.8 Å². The summed E-state index contributed by atoms with van der Waals surface area (Å²) in [5.41, 5.74) is -3.39. The normalized spacial score (nSPS) is 13.3. The molecule has 0 saturated carbocycles. The fourth-order valence-corrected chi connectivity index (χ4v) is 3.60. The number of carbonyl (C=O) groups is 2. The summed E-state index contributed by atoms with van der Waals surface area (Å²) in [6.07, 6.45) is -8.99. The van der Waals surface area contributed by atoms with Crippen molar-refractivity contribution in [1.29, 1.82) is 0 Å². The molecule has 0 aliphatic carbocycles. The number of pyridine rings is 1. The Morgan fingerprint density at radius 1 is 0.947 bits per heavy atom. The molecule has 1 heterocycles. The van der Waals surface area contributed by atoms with Crippen LogP contribution in [-0.4, -0.2) is 28.0 Å². The summed E-state index contributed by atoms with van der Waals surface area (Å²) < 4.78 is 84.5. The molecule has 0 radical (unpaired) electrons. The Labute approximate surface area is 213 Å². The van der Waals surface area contributed by atoms with Gasteiger partial charge in [-0.25, -0.2) is 9.78 Å². The van der Waals surface area contributed by atoms with Gasteiger partial charge < -0.3 is 15.2 Å². The summed E-state index contributed by atoms with van der Waals surface area (Å²) >= 11 is 0. The van der Waals surface area contributed by atoms with E-state index in [-0.39, 0.29) is 27.8 Å². The lowest BCUT2D eigenvalue weighted by molar-refractivity contribution is -0.142. The largest absolute Gasteiger partial charge is 0.486 e. The summed E-state index contributed by atoms with van der Waals surface area (Å²) in [6, 6.07) is 7.05. The molecule has 3 aromatic rings. The summed E-state index contributed by atoms with van der Waals surface area (Å²) in [5, 5.41) is 12.3. The molecule has 0 aliphatic rings. The van der Waals surface area contributed by atoms with Gasteiger partial charge in [-0.2, -0.15) is 26.3 Å². The lowest BCUT2D eigenvalue weighted by Crippen LogP contribution is -2.50. The van der Waals surface area contributed by atoms with Crippen molar-refractivity contribution in [3.8, 4) is 5.75 Å². The SMILES string of the molecule is CCC(C)(C)[C@H](NC(=O)c1ccc2ccc(C(F)(F)F)nc2c1OCc1ccc(C(F)(F)F)cc1)C(=O)O. The second kappa shape index (κ2) is 10.5. The highest BCUT2D eigenvalue weighted by atomic mass is 19.4. The van der Waals surface area contributed by atoms with Crippen LogP contribution in [0.4, 0.5) is 26.3 Å². The van der Waals surface area contributed by atoms with E-state index in [1.54, 1.807) is 20.8 Å². The minimum atomic E-state index is -4.81. The first-order valence-electron chi connectivity index (χ1n) is 11.4. The molecule has 204 valence electrons. The summed E-state index contributed by atoms with van der Waals surface area (Å²) in [5.74, 6) is -2.61. The predicted molar refractivity (Wildman–Crippen MR) is 125 cm³/mol. The highest BCUT2D eigenvalue weighted by Crippen LogP contribution is 2.35. The number of fused-ring (bicyclic) bond motifs is 1. The first-order valence-corrected chi connectivity index (χ1v) is 11.4. The van der Waals surface area contributed by atoms with Gasteiger partial charge in [-0.1, -0.05) is 45.0 Å². The molecular weight excluding hydrogens is 518 g/mol. The number of alkyl halides is 6. The van der Waals surface area contributed by atoms with Gasteiger partial charge in [-0.05, 0) is 41.7 Å². The van der Waals surface area contributed by atoms with Crippen molar-refractivity contribution >= 4 is 22.8 Å². The van der Waals surface area contributed by atoms with Crippen molar-refractivity contribution in [3.63, 3.8) is 0 Å². The number of aliphatic carboxylic acids is 1. The Kier molecular flexibility index (Phi) is 7.94. The molecule has 1 atom stereocenters. The molecule has 2 aromatic carbocycles. The number of ether oxygens (including phenoxy) is 1. The van der Waals surface area contributed by atoms with Crippen LogP contribution in [0.1, 0.15) is 54.4 Å². The van der Waals surface area contributed by atoms with Crippen molar-refractivity contribution in [2.24, 2.45) is 5.41 Å². The van der Waals surface area contributed by atoms with Crippen LogP contribution in [0.25, 0.3) is 10.9 Å². The van der Waals surface area contributed by atoms with E-state index < -0.39 is 53.6 Å². The molecule has 38 heavy (non-hydrogen) atoms. The quantitative estimate of drug-likeness (QED) is 0.319. The van der Waals surface area contributed by atoms with E-state index >= 15 is 0 Å². The Balaban J connectivity index is 2.07. The maximum absolute atomic E-state index is 13.4. The third kappa shape index (κ3) is 6.35. The van der Waals surface area contributed by atoms with Gasteiger partial charge in [0.15, 0.2) is 5.75 Å². The smallest absolute Gasteiger partial charge is 0.433 e. The molecule has 0 fully saturated rings. The molecule has 1 aromatic heterocycles. The van der Waals surface area contributed by atoms with Gasteiger partial charge in [-0.3, -0.25) is 4.79 Å². The highest BCUT2D eigenvalue weighted by molar-refractivity contribution is 6.04. The third-order valence-corrected chi connectivity index (χ3v) is 6.23. The number of hydrogen-bond acceptors (Lipinski definition) is 4. The minimum Gasteiger partial charge on any atom is -0.486 e.